The Bertz CT molecular complexity index is 1190. The van der Waals surface area contributed by atoms with Gasteiger partial charge in [0.1, 0.15) is 11.6 Å². The molecule has 1 fully saturated rings. The third-order valence-electron chi connectivity index (χ3n) is 6.24. The summed E-state index contributed by atoms with van der Waals surface area (Å²) >= 11 is 0. The Morgan fingerprint density at radius 2 is 1.91 bits per heavy atom. The van der Waals surface area contributed by atoms with Crippen LogP contribution in [0, 0.1) is 6.92 Å². The molecule has 2 aromatic heterocycles. The van der Waals surface area contributed by atoms with Crippen molar-refractivity contribution in [1.82, 2.24) is 25.3 Å². The van der Waals surface area contributed by atoms with Gasteiger partial charge in [0.2, 0.25) is 5.95 Å². The van der Waals surface area contributed by atoms with Crippen LogP contribution in [0.25, 0.3) is 21.9 Å². The molecule has 0 radical (unpaired) electrons. The van der Waals surface area contributed by atoms with Gasteiger partial charge in [-0.3, -0.25) is 0 Å². The van der Waals surface area contributed by atoms with Crippen LogP contribution in [0.4, 0.5) is 5.95 Å². The number of anilines is 1. The van der Waals surface area contributed by atoms with E-state index in [1.807, 2.05) is 50.2 Å². The van der Waals surface area contributed by atoms with E-state index in [-0.39, 0.29) is 6.04 Å². The van der Waals surface area contributed by atoms with Gasteiger partial charge in [0.25, 0.3) is 0 Å². The molecule has 0 spiro atoms. The van der Waals surface area contributed by atoms with E-state index in [9.17, 15) is 0 Å². The van der Waals surface area contributed by atoms with Crippen LogP contribution in [-0.4, -0.2) is 45.7 Å². The summed E-state index contributed by atoms with van der Waals surface area (Å²) in [5, 5.41) is 4.80. The lowest BCUT2D eigenvalue weighted by Gasteiger charge is -2.33. The lowest BCUT2D eigenvalue weighted by atomic mass is 10.0. The second-order valence-corrected chi connectivity index (χ2v) is 8.51. The van der Waals surface area contributed by atoms with Gasteiger partial charge in [-0.05, 0) is 63.9 Å². The van der Waals surface area contributed by atoms with Crippen molar-refractivity contribution < 1.29 is 4.74 Å². The molecule has 5 rings (SSSR count). The quantitative estimate of drug-likeness (QED) is 0.468. The lowest BCUT2D eigenvalue weighted by Crippen LogP contribution is -2.44. The van der Waals surface area contributed by atoms with Gasteiger partial charge in [-0.1, -0.05) is 12.1 Å². The normalized spacial score (nSPS) is 16.0. The molecular weight excluding hydrogens is 400 g/mol. The molecule has 0 bridgehead atoms. The van der Waals surface area contributed by atoms with E-state index >= 15 is 0 Å². The van der Waals surface area contributed by atoms with Crippen LogP contribution in [0.5, 0.6) is 5.75 Å². The molecule has 0 saturated carbocycles. The van der Waals surface area contributed by atoms with Crippen molar-refractivity contribution in [3.05, 3.63) is 54.0 Å². The first-order valence-corrected chi connectivity index (χ1v) is 11.5. The van der Waals surface area contributed by atoms with E-state index in [1.165, 1.54) is 0 Å². The number of piperidine rings is 1. The number of nitrogens with zero attached hydrogens (tertiary/aromatic N) is 4. The summed E-state index contributed by atoms with van der Waals surface area (Å²) in [6, 6.07) is 14.8. The molecule has 0 amide bonds. The fraction of sp³-hybridized carbons (Fsp3) is 0.400. The maximum absolute atomic E-state index is 5.63. The highest BCUT2D eigenvalue weighted by Crippen LogP contribution is 2.26. The molecule has 0 aliphatic carbocycles. The van der Waals surface area contributed by atoms with E-state index in [0.29, 0.717) is 12.6 Å². The highest BCUT2D eigenvalue weighted by molar-refractivity contribution is 5.83. The van der Waals surface area contributed by atoms with Gasteiger partial charge in [-0.2, -0.15) is 0 Å². The number of aromatic nitrogens is 4. The summed E-state index contributed by atoms with van der Waals surface area (Å²) < 4.78 is 5.63. The Morgan fingerprint density at radius 3 is 2.69 bits per heavy atom. The molecule has 1 aliphatic rings. The Morgan fingerprint density at radius 1 is 1.09 bits per heavy atom. The Hall–Kier alpha value is -3.19. The monoisotopic (exact) mass is 430 g/mol. The Balaban J connectivity index is 1.24. The maximum atomic E-state index is 5.63. The van der Waals surface area contributed by atoms with Gasteiger partial charge in [0.05, 0.1) is 34.9 Å². The number of hydrogen-bond donors (Lipinski definition) is 2. The number of rotatable bonds is 6. The van der Waals surface area contributed by atoms with Crippen LogP contribution in [0.3, 0.4) is 0 Å². The largest absolute Gasteiger partial charge is 0.494 e. The average molecular weight is 431 g/mol. The standard InChI is InChI=1S/C25H30N6O/c1-4-32-19-9-10-21-20(15-19)16(2)27-25(30-21)31-13-11-18(12-14-31)26-17(3)24-28-22-7-5-6-8-23(22)29-24/h5-10,15,17-18,26H,4,11-14H2,1-3H3,(H,28,29)/t17-/m1/s1. The number of H-pyrrole nitrogens is 1. The van der Waals surface area contributed by atoms with Crippen LogP contribution in [0.1, 0.15) is 44.2 Å². The number of para-hydroxylation sites is 2. The third kappa shape index (κ3) is 4.12. The predicted octanol–water partition coefficient (Wildman–Crippen LogP) is 4.53. The molecule has 166 valence electrons. The smallest absolute Gasteiger partial charge is 0.226 e. The summed E-state index contributed by atoms with van der Waals surface area (Å²) in [6.07, 6.45) is 2.10. The van der Waals surface area contributed by atoms with Crippen LogP contribution >= 0.6 is 0 Å². The molecular formula is C25H30N6O. The average Bonchev–Trinajstić information content (AvgIpc) is 3.25. The van der Waals surface area contributed by atoms with Gasteiger partial charge in [0.15, 0.2) is 0 Å². The van der Waals surface area contributed by atoms with E-state index in [1.54, 1.807) is 0 Å². The first kappa shape index (κ1) is 20.7. The van der Waals surface area contributed by atoms with Crippen molar-refractivity contribution >= 4 is 27.9 Å². The van der Waals surface area contributed by atoms with Crippen LogP contribution in [-0.2, 0) is 0 Å². The minimum Gasteiger partial charge on any atom is -0.494 e. The van der Waals surface area contributed by atoms with E-state index in [0.717, 1.165) is 71.1 Å². The summed E-state index contributed by atoms with van der Waals surface area (Å²) in [6.45, 7) is 8.75. The zero-order valence-electron chi connectivity index (χ0n) is 18.9. The minimum atomic E-state index is 0.178. The number of hydrogen-bond acceptors (Lipinski definition) is 6. The first-order valence-electron chi connectivity index (χ1n) is 11.5. The summed E-state index contributed by atoms with van der Waals surface area (Å²) in [4.78, 5) is 20.1. The second-order valence-electron chi connectivity index (χ2n) is 8.51. The number of imidazole rings is 1. The molecule has 3 heterocycles. The molecule has 4 aromatic rings. The fourth-order valence-corrected chi connectivity index (χ4v) is 4.50. The van der Waals surface area contributed by atoms with Crippen molar-refractivity contribution in [2.45, 2.75) is 45.7 Å². The van der Waals surface area contributed by atoms with Gasteiger partial charge in [-0.15, -0.1) is 0 Å². The molecule has 2 N–H and O–H groups in total. The number of aryl methyl sites for hydroxylation is 1. The van der Waals surface area contributed by atoms with Gasteiger partial charge in [0, 0.05) is 24.5 Å². The SMILES string of the molecule is CCOc1ccc2nc(N3CCC(N[C@H](C)c4nc5ccccc5[nH]4)CC3)nc(C)c2c1. The van der Waals surface area contributed by atoms with E-state index in [2.05, 4.69) is 28.2 Å². The van der Waals surface area contributed by atoms with Gasteiger partial charge >= 0.3 is 0 Å². The van der Waals surface area contributed by atoms with E-state index < -0.39 is 0 Å². The summed E-state index contributed by atoms with van der Waals surface area (Å²) in [5.41, 5.74) is 4.06. The topological polar surface area (TPSA) is 79.0 Å². The Kier molecular flexibility index (Phi) is 5.66. The van der Waals surface area contributed by atoms with Crippen molar-refractivity contribution in [1.29, 1.82) is 0 Å². The zero-order valence-corrected chi connectivity index (χ0v) is 18.9. The molecule has 1 aliphatic heterocycles. The first-order chi connectivity index (χ1) is 15.6. The van der Waals surface area contributed by atoms with Crippen LogP contribution in [0.2, 0.25) is 0 Å². The maximum Gasteiger partial charge on any atom is 0.226 e. The van der Waals surface area contributed by atoms with Crippen molar-refractivity contribution in [2.75, 3.05) is 24.6 Å². The number of benzene rings is 2. The van der Waals surface area contributed by atoms with Crippen LogP contribution in [0.15, 0.2) is 42.5 Å². The van der Waals surface area contributed by atoms with Crippen LogP contribution < -0.4 is 15.0 Å². The molecule has 0 unspecified atom stereocenters. The number of nitrogens with one attached hydrogen (secondary N) is 2. The van der Waals surface area contributed by atoms with Crippen molar-refractivity contribution in [3.63, 3.8) is 0 Å². The molecule has 7 heteroatoms. The number of aromatic amines is 1. The number of fused-ring (bicyclic) bond motifs is 2. The van der Waals surface area contributed by atoms with Gasteiger partial charge < -0.3 is 19.9 Å². The minimum absolute atomic E-state index is 0.178. The molecule has 1 atom stereocenters. The summed E-state index contributed by atoms with van der Waals surface area (Å²) in [5.74, 6) is 2.68. The molecule has 7 nitrogen and oxygen atoms in total. The lowest BCUT2D eigenvalue weighted by molar-refractivity contribution is 0.340. The highest BCUT2D eigenvalue weighted by atomic mass is 16.5. The summed E-state index contributed by atoms with van der Waals surface area (Å²) in [7, 11) is 0. The zero-order chi connectivity index (χ0) is 22.1. The highest BCUT2D eigenvalue weighted by Gasteiger charge is 2.24. The second kappa shape index (κ2) is 8.74. The van der Waals surface area contributed by atoms with Crippen molar-refractivity contribution in [2.24, 2.45) is 0 Å². The predicted molar refractivity (Wildman–Crippen MR) is 128 cm³/mol. The molecule has 2 aromatic carbocycles. The van der Waals surface area contributed by atoms with E-state index in [4.69, 9.17) is 19.7 Å². The molecule has 32 heavy (non-hydrogen) atoms. The number of ether oxygens (including phenoxy) is 1. The van der Waals surface area contributed by atoms with Gasteiger partial charge in [-0.25, -0.2) is 15.0 Å². The third-order valence-corrected chi connectivity index (χ3v) is 6.24. The fourth-order valence-electron chi connectivity index (χ4n) is 4.50. The molecule has 1 saturated heterocycles. The Labute approximate surface area is 188 Å². The van der Waals surface area contributed by atoms with Crippen molar-refractivity contribution in [3.8, 4) is 5.75 Å².